The highest BCUT2D eigenvalue weighted by Gasteiger charge is 2.20. The van der Waals surface area contributed by atoms with Gasteiger partial charge < -0.3 is 5.32 Å². The second kappa shape index (κ2) is 8.14. The van der Waals surface area contributed by atoms with Crippen molar-refractivity contribution in [3.63, 3.8) is 0 Å². The van der Waals surface area contributed by atoms with Crippen molar-refractivity contribution in [1.82, 2.24) is 24.5 Å². The molecule has 27 heavy (non-hydrogen) atoms. The van der Waals surface area contributed by atoms with E-state index in [2.05, 4.69) is 20.6 Å². The Kier molecular flexibility index (Phi) is 5.45. The van der Waals surface area contributed by atoms with Gasteiger partial charge >= 0.3 is 0 Å². The maximum absolute atomic E-state index is 12.4. The first kappa shape index (κ1) is 18.1. The third-order valence-electron chi connectivity index (χ3n) is 4.54. The van der Waals surface area contributed by atoms with Crippen LogP contribution in [0.1, 0.15) is 31.7 Å². The number of amides is 1. The molecule has 0 unspecified atom stereocenters. The van der Waals surface area contributed by atoms with Gasteiger partial charge in [0.05, 0.1) is 23.7 Å². The molecule has 1 saturated carbocycles. The Morgan fingerprint density at radius 3 is 2.96 bits per heavy atom. The molecule has 1 aliphatic carbocycles. The molecule has 1 amide bonds. The van der Waals surface area contributed by atoms with E-state index in [4.69, 9.17) is 11.6 Å². The predicted molar refractivity (Wildman–Crippen MR) is 105 cm³/mol. The number of hydrogen-bond acceptors (Lipinski definition) is 5. The molecule has 3 aromatic rings. The molecule has 140 valence electrons. The van der Waals surface area contributed by atoms with E-state index in [1.54, 1.807) is 12.5 Å². The molecule has 2 aromatic heterocycles. The van der Waals surface area contributed by atoms with E-state index in [0.717, 1.165) is 24.3 Å². The number of anilines is 1. The number of thioether (sulfide) groups is 1. The van der Waals surface area contributed by atoms with Crippen molar-refractivity contribution in [2.24, 2.45) is 0 Å². The van der Waals surface area contributed by atoms with Crippen LogP contribution < -0.4 is 5.32 Å². The summed E-state index contributed by atoms with van der Waals surface area (Å²) in [5.74, 6) is 0.888. The average molecular weight is 403 g/mol. The summed E-state index contributed by atoms with van der Waals surface area (Å²) in [7, 11) is 0. The minimum absolute atomic E-state index is 0.0969. The molecule has 1 N–H and O–H groups in total. The zero-order valence-corrected chi connectivity index (χ0v) is 16.2. The molecule has 2 heterocycles. The van der Waals surface area contributed by atoms with E-state index in [-0.39, 0.29) is 11.7 Å². The number of carbonyl (C=O) groups excluding carboxylic acids is 1. The van der Waals surface area contributed by atoms with Crippen LogP contribution in [0.4, 0.5) is 5.82 Å². The lowest BCUT2D eigenvalue weighted by atomic mass is 10.2. The molecule has 0 aliphatic heterocycles. The van der Waals surface area contributed by atoms with Gasteiger partial charge in [0.15, 0.2) is 5.16 Å². The van der Waals surface area contributed by atoms with E-state index in [1.165, 1.54) is 24.6 Å². The molecule has 0 bridgehead atoms. The van der Waals surface area contributed by atoms with Crippen molar-refractivity contribution in [3.05, 3.63) is 47.9 Å². The summed E-state index contributed by atoms with van der Waals surface area (Å²) in [6, 6.07) is 9.64. The van der Waals surface area contributed by atoms with Crippen LogP contribution in [0.5, 0.6) is 0 Å². The van der Waals surface area contributed by atoms with Crippen LogP contribution >= 0.6 is 23.4 Å². The third kappa shape index (κ3) is 4.17. The average Bonchev–Trinajstić information content (AvgIpc) is 3.41. The Morgan fingerprint density at radius 1 is 1.30 bits per heavy atom. The van der Waals surface area contributed by atoms with Gasteiger partial charge in [0.25, 0.3) is 0 Å². The highest BCUT2D eigenvalue weighted by Crippen LogP contribution is 2.31. The number of aromatic nitrogens is 5. The Labute approximate surface area is 166 Å². The molecule has 0 saturated heterocycles. The van der Waals surface area contributed by atoms with Gasteiger partial charge in [-0.05, 0) is 31.0 Å². The van der Waals surface area contributed by atoms with Gasteiger partial charge in [-0.15, -0.1) is 10.2 Å². The van der Waals surface area contributed by atoms with Crippen molar-refractivity contribution in [3.8, 4) is 5.69 Å². The Bertz CT molecular complexity index is 933. The minimum Gasteiger partial charge on any atom is -0.310 e. The molecule has 0 radical (unpaired) electrons. The summed E-state index contributed by atoms with van der Waals surface area (Å²) in [6.07, 6.45) is 8.00. The summed E-state index contributed by atoms with van der Waals surface area (Å²) in [5, 5.41) is 16.7. The second-order valence-electron chi connectivity index (χ2n) is 6.40. The fourth-order valence-corrected chi connectivity index (χ4v) is 4.20. The third-order valence-corrected chi connectivity index (χ3v) is 5.72. The molecule has 1 aliphatic rings. The molecule has 4 rings (SSSR count). The number of benzene rings is 1. The molecule has 1 fully saturated rings. The zero-order chi connectivity index (χ0) is 18.6. The van der Waals surface area contributed by atoms with Crippen LogP contribution in [0.25, 0.3) is 5.69 Å². The monoisotopic (exact) mass is 402 g/mol. The van der Waals surface area contributed by atoms with Crippen LogP contribution in [0.15, 0.2) is 48.0 Å². The Balaban J connectivity index is 1.40. The van der Waals surface area contributed by atoms with Gasteiger partial charge in [-0.25, -0.2) is 4.68 Å². The lowest BCUT2D eigenvalue weighted by Gasteiger charge is -2.14. The predicted octanol–water partition coefficient (Wildman–Crippen LogP) is 3.96. The summed E-state index contributed by atoms with van der Waals surface area (Å²) >= 11 is 7.38. The van der Waals surface area contributed by atoms with Gasteiger partial charge in [-0.2, -0.15) is 5.10 Å². The van der Waals surface area contributed by atoms with E-state index in [1.807, 2.05) is 39.6 Å². The van der Waals surface area contributed by atoms with Crippen molar-refractivity contribution >= 4 is 35.1 Å². The number of hydrogen-bond donors (Lipinski definition) is 1. The van der Waals surface area contributed by atoms with E-state index in [0.29, 0.717) is 16.2 Å². The lowest BCUT2D eigenvalue weighted by Crippen LogP contribution is -2.19. The molecular weight excluding hydrogens is 384 g/mol. The molecule has 0 atom stereocenters. The first-order valence-electron chi connectivity index (χ1n) is 8.83. The van der Waals surface area contributed by atoms with Gasteiger partial charge in [0.2, 0.25) is 5.91 Å². The Morgan fingerprint density at radius 2 is 2.15 bits per heavy atom. The van der Waals surface area contributed by atoms with Crippen molar-refractivity contribution < 1.29 is 4.79 Å². The fourth-order valence-electron chi connectivity index (χ4n) is 3.29. The van der Waals surface area contributed by atoms with Gasteiger partial charge in [-0.3, -0.25) is 9.36 Å². The van der Waals surface area contributed by atoms with Gasteiger partial charge in [0, 0.05) is 11.1 Å². The zero-order valence-electron chi connectivity index (χ0n) is 14.6. The van der Waals surface area contributed by atoms with Gasteiger partial charge in [0.1, 0.15) is 12.1 Å². The summed E-state index contributed by atoms with van der Waals surface area (Å²) < 4.78 is 3.75. The smallest absolute Gasteiger partial charge is 0.235 e. The second-order valence-corrected chi connectivity index (χ2v) is 7.78. The number of halogens is 1. The number of nitrogens with one attached hydrogen (secondary N) is 1. The van der Waals surface area contributed by atoms with Crippen LogP contribution in [0.3, 0.4) is 0 Å². The standard InChI is InChI=1S/C18H19ClN6OS/c19-13-4-3-7-15(10-13)24-12-20-23-18(24)27-11-17(26)22-16-8-9-21-25(16)14-5-1-2-6-14/h3-4,7-10,12,14H,1-2,5-6,11H2,(H,22,26). The summed E-state index contributed by atoms with van der Waals surface area (Å²) in [6.45, 7) is 0. The van der Waals surface area contributed by atoms with Crippen molar-refractivity contribution in [1.29, 1.82) is 0 Å². The maximum atomic E-state index is 12.4. The SMILES string of the molecule is O=C(CSc1nncn1-c1cccc(Cl)c1)Nc1ccnn1C1CCCC1. The first-order chi connectivity index (χ1) is 13.2. The van der Waals surface area contributed by atoms with Crippen molar-refractivity contribution in [2.45, 2.75) is 36.9 Å². The maximum Gasteiger partial charge on any atom is 0.235 e. The molecule has 9 heteroatoms. The minimum atomic E-state index is -0.0969. The number of nitrogens with zero attached hydrogens (tertiary/aromatic N) is 5. The molecule has 7 nitrogen and oxygen atoms in total. The molecule has 0 spiro atoms. The lowest BCUT2D eigenvalue weighted by molar-refractivity contribution is -0.113. The van der Waals surface area contributed by atoms with Gasteiger partial charge in [-0.1, -0.05) is 42.3 Å². The first-order valence-corrected chi connectivity index (χ1v) is 10.2. The van der Waals surface area contributed by atoms with E-state index < -0.39 is 0 Å². The molecular formula is C18H19ClN6OS. The molecule has 1 aromatic carbocycles. The quantitative estimate of drug-likeness (QED) is 0.631. The van der Waals surface area contributed by atoms with Crippen LogP contribution in [-0.2, 0) is 4.79 Å². The highest BCUT2D eigenvalue weighted by molar-refractivity contribution is 7.99. The Hall–Kier alpha value is -2.32. The van der Waals surface area contributed by atoms with Crippen LogP contribution in [0.2, 0.25) is 5.02 Å². The summed E-state index contributed by atoms with van der Waals surface area (Å²) in [4.78, 5) is 12.4. The topological polar surface area (TPSA) is 77.6 Å². The summed E-state index contributed by atoms with van der Waals surface area (Å²) in [5.41, 5.74) is 0.856. The highest BCUT2D eigenvalue weighted by atomic mass is 35.5. The van der Waals surface area contributed by atoms with E-state index >= 15 is 0 Å². The largest absolute Gasteiger partial charge is 0.310 e. The van der Waals surface area contributed by atoms with Crippen LogP contribution in [0, 0.1) is 0 Å². The normalized spacial score (nSPS) is 14.6. The number of carbonyl (C=O) groups is 1. The number of rotatable bonds is 6. The van der Waals surface area contributed by atoms with E-state index in [9.17, 15) is 4.79 Å². The van der Waals surface area contributed by atoms with Crippen molar-refractivity contribution in [2.75, 3.05) is 11.1 Å². The van der Waals surface area contributed by atoms with Crippen LogP contribution in [-0.4, -0.2) is 36.2 Å². The fraction of sp³-hybridized carbons (Fsp3) is 0.333.